The first kappa shape index (κ1) is 18.0. The zero-order chi connectivity index (χ0) is 19.3. The maximum absolute atomic E-state index is 12.3. The van der Waals surface area contributed by atoms with Crippen LogP contribution in [0.1, 0.15) is 24.1 Å². The van der Waals surface area contributed by atoms with E-state index in [0.717, 1.165) is 42.7 Å². The minimum atomic E-state index is -0.290. The van der Waals surface area contributed by atoms with Crippen LogP contribution in [0.2, 0.25) is 0 Å². The van der Waals surface area contributed by atoms with Crippen LogP contribution >= 0.6 is 0 Å². The number of aromatic nitrogens is 2. The lowest BCUT2D eigenvalue weighted by Gasteiger charge is -2.15. The molecular formula is C22H21N3O3. The Balaban J connectivity index is 1.39. The van der Waals surface area contributed by atoms with Crippen molar-refractivity contribution in [2.24, 2.45) is 0 Å². The van der Waals surface area contributed by atoms with E-state index >= 15 is 0 Å². The summed E-state index contributed by atoms with van der Waals surface area (Å²) in [6.45, 7) is -0.103. The summed E-state index contributed by atoms with van der Waals surface area (Å²) in [7, 11) is 0. The molecule has 1 heterocycles. The third-order valence-electron chi connectivity index (χ3n) is 4.68. The van der Waals surface area contributed by atoms with E-state index in [9.17, 15) is 9.59 Å². The molecule has 1 N–H and O–H groups in total. The molecule has 0 aliphatic heterocycles. The number of ether oxygens (including phenoxy) is 1. The second kappa shape index (κ2) is 8.08. The fraction of sp³-hybridized carbons (Fsp3) is 0.227. The third-order valence-corrected chi connectivity index (χ3v) is 4.68. The van der Waals surface area contributed by atoms with Gasteiger partial charge in [0.05, 0.1) is 5.69 Å². The zero-order valence-electron chi connectivity index (χ0n) is 15.4. The minimum absolute atomic E-state index is 0.103. The Kier molecular flexibility index (Phi) is 5.19. The summed E-state index contributed by atoms with van der Waals surface area (Å²) < 4.78 is 6.98. The van der Waals surface area contributed by atoms with Crippen LogP contribution in [0.4, 0.5) is 5.69 Å². The fourth-order valence-electron chi connectivity index (χ4n) is 3.28. The second-order valence-electron chi connectivity index (χ2n) is 6.81. The molecule has 1 aliphatic rings. The number of nitrogens with zero attached hydrogens (tertiary/aromatic N) is 2. The van der Waals surface area contributed by atoms with Crippen LogP contribution in [0.25, 0.3) is 0 Å². The quantitative estimate of drug-likeness (QED) is 0.740. The SMILES string of the molecule is O=C(Cn1nc2c(cc1=O)CCCC2)Nc1ccc(Oc2ccccc2)cc1. The molecule has 6 heteroatoms. The van der Waals surface area contributed by atoms with E-state index < -0.39 is 0 Å². The van der Waals surface area contributed by atoms with Gasteiger partial charge in [-0.2, -0.15) is 5.10 Å². The van der Waals surface area contributed by atoms with Gasteiger partial charge in [-0.25, -0.2) is 4.68 Å². The molecule has 0 atom stereocenters. The van der Waals surface area contributed by atoms with Gasteiger partial charge in [-0.3, -0.25) is 9.59 Å². The Hall–Kier alpha value is -3.41. The van der Waals surface area contributed by atoms with Crippen LogP contribution in [0, 0.1) is 0 Å². The van der Waals surface area contributed by atoms with E-state index in [0.29, 0.717) is 11.4 Å². The summed E-state index contributed by atoms with van der Waals surface area (Å²) in [6.07, 6.45) is 3.91. The molecule has 1 aromatic heterocycles. The molecule has 1 amide bonds. The molecule has 1 aliphatic carbocycles. The molecule has 142 valence electrons. The van der Waals surface area contributed by atoms with E-state index in [4.69, 9.17) is 4.74 Å². The van der Waals surface area contributed by atoms with Crippen LogP contribution in [0.3, 0.4) is 0 Å². The van der Waals surface area contributed by atoms with Gasteiger partial charge in [0.2, 0.25) is 5.91 Å². The van der Waals surface area contributed by atoms with Crippen molar-refractivity contribution in [2.75, 3.05) is 5.32 Å². The minimum Gasteiger partial charge on any atom is -0.457 e. The standard InChI is InChI=1S/C22H21N3O3/c26-21(15-25-22(27)14-16-6-4-5-9-20(16)24-25)23-17-10-12-19(13-11-17)28-18-7-2-1-3-8-18/h1-3,7-8,10-14H,4-6,9,15H2,(H,23,26). The number of carbonyl (C=O) groups is 1. The number of nitrogens with one attached hydrogen (secondary N) is 1. The number of amides is 1. The molecule has 2 aromatic carbocycles. The van der Waals surface area contributed by atoms with E-state index in [-0.39, 0.29) is 18.0 Å². The van der Waals surface area contributed by atoms with Crippen molar-refractivity contribution in [3.05, 3.63) is 82.3 Å². The number of fused-ring (bicyclic) bond motifs is 1. The van der Waals surface area contributed by atoms with Gasteiger partial charge in [0, 0.05) is 11.8 Å². The summed E-state index contributed by atoms with van der Waals surface area (Å²) in [4.78, 5) is 24.5. The predicted octanol–water partition coefficient (Wildman–Crippen LogP) is 3.55. The van der Waals surface area contributed by atoms with Crippen LogP contribution in [-0.2, 0) is 24.2 Å². The maximum atomic E-state index is 12.3. The fourth-order valence-corrected chi connectivity index (χ4v) is 3.28. The van der Waals surface area contributed by atoms with Crippen LogP contribution in [0.15, 0.2) is 65.5 Å². The highest BCUT2D eigenvalue weighted by Gasteiger charge is 2.14. The highest BCUT2D eigenvalue weighted by Crippen LogP contribution is 2.22. The molecule has 0 saturated carbocycles. The second-order valence-corrected chi connectivity index (χ2v) is 6.81. The van der Waals surface area contributed by atoms with Gasteiger partial charge < -0.3 is 10.1 Å². The Morgan fingerprint density at radius 2 is 1.71 bits per heavy atom. The summed E-state index contributed by atoms with van der Waals surface area (Å²) in [5, 5.41) is 7.17. The van der Waals surface area contributed by atoms with Crippen molar-refractivity contribution in [2.45, 2.75) is 32.2 Å². The largest absolute Gasteiger partial charge is 0.457 e. The molecule has 0 fully saturated rings. The first-order valence-electron chi connectivity index (χ1n) is 9.40. The van der Waals surface area contributed by atoms with Gasteiger partial charge in [-0.15, -0.1) is 0 Å². The third kappa shape index (κ3) is 4.28. The zero-order valence-corrected chi connectivity index (χ0v) is 15.4. The van der Waals surface area contributed by atoms with Gasteiger partial charge in [0.1, 0.15) is 18.0 Å². The van der Waals surface area contributed by atoms with Gasteiger partial charge in [0.25, 0.3) is 5.56 Å². The van der Waals surface area contributed by atoms with E-state index in [2.05, 4.69) is 10.4 Å². The van der Waals surface area contributed by atoms with E-state index in [1.165, 1.54) is 4.68 Å². The summed E-state index contributed by atoms with van der Waals surface area (Å²) in [6, 6.07) is 18.2. The molecule has 0 radical (unpaired) electrons. The highest BCUT2D eigenvalue weighted by atomic mass is 16.5. The summed E-state index contributed by atoms with van der Waals surface area (Å²) in [5.41, 5.74) is 2.35. The number of hydrogen-bond donors (Lipinski definition) is 1. The molecule has 6 nitrogen and oxygen atoms in total. The monoisotopic (exact) mass is 375 g/mol. The Morgan fingerprint density at radius 1 is 1.00 bits per heavy atom. The Bertz CT molecular complexity index is 1030. The maximum Gasteiger partial charge on any atom is 0.267 e. The molecule has 0 unspecified atom stereocenters. The van der Waals surface area contributed by atoms with Crippen molar-refractivity contribution >= 4 is 11.6 Å². The molecule has 3 aromatic rings. The summed E-state index contributed by atoms with van der Waals surface area (Å²) in [5.74, 6) is 1.14. The van der Waals surface area contributed by atoms with Gasteiger partial charge in [-0.1, -0.05) is 18.2 Å². The van der Waals surface area contributed by atoms with Crippen molar-refractivity contribution in [3.63, 3.8) is 0 Å². The van der Waals surface area contributed by atoms with Gasteiger partial charge in [0.15, 0.2) is 0 Å². The average molecular weight is 375 g/mol. The molecule has 28 heavy (non-hydrogen) atoms. The number of para-hydroxylation sites is 1. The predicted molar refractivity (Wildman–Crippen MR) is 107 cm³/mol. The number of benzene rings is 2. The molecular weight excluding hydrogens is 354 g/mol. The van der Waals surface area contributed by atoms with Crippen molar-refractivity contribution < 1.29 is 9.53 Å². The van der Waals surface area contributed by atoms with Gasteiger partial charge in [-0.05, 0) is 67.6 Å². The lowest BCUT2D eigenvalue weighted by Crippen LogP contribution is -2.31. The van der Waals surface area contributed by atoms with Crippen LogP contribution in [0.5, 0.6) is 11.5 Å². The Morgan fingerprint density at radius 3 is 2.50 bits per heavy atom. The number of rotatable bonds is 5. The van der Waals surface area contributed by atoms with Crippen LogP contribution in [-0.4, -0.2) is 15.7 Å². The molecule has 0 bridgehead atoms. The number of anilines is 1. The summed E-state index contributed by atoms with van der Waals surface area (Å²) >= 11 is 0. The lowest BCUT2D eigenvalue weighted by molar-refractivity contribution is -0.117. The smallest absolute Gasteiger partial charge is 0.267 e. The molecule has 0 saturated heterocycles. The highest BCUT2D eigenvalue weighted by molar-refractivity contribution is 5.90. The number of hydrogen-bond acceptors (Lipinski definition) is 4. The van der Waals surface area contributed by atoms with Crippen molar-refractivity contribution in [3.8, 4) is 11.5 Å². The van der Waals surface area contributed by atoms with Gasteiger partial charge >= 0.3 is 0 Å². The number of carbonyl (C=O) groups excluding carboxylic acids is 1. The van der Waals surface area contributed by atoms with E-state index in [1.807, 2.05) is 30.3 Å². The first-order chi connectivity index (χ1) is 13.7. The first-order valence-corrected chi connectivity index (χ1v) is 9.40. The van der Waals surface area contributed by atoms with Crippen molar-refractivity contribution in [1.82, 2.24) is 9.78 Å². The Labute approximate surface area is 162 Å². The molecule has 0 spiro atoms. The number of aryl methyl sites for hydroxylation is 2. The van der Waals surface area contributed by atoms with Crippen molar-refractivity contribution in [1.29, 1.82) is 0 Å². The average Bonchev–Trinajstić information content (AvgIpc) is 2.71. The van der Waals surface area contributed by atoms with Crippen LogP contribution < -0.4 is 15.6 Å². The lowest BCUT2D eigenvalue weighted by atomic mass is 9.97. The molecule has 4 rings (SSSR count). The van der Waals surface area contributed by atoms with E-state index in [1.54, 1.807) is 30.3 Å². The normalized spacial score (nSPS) is 12.9. The topological polar surface area (TPSA) is 73.2 Å².